The third-order valence-electron chi connectivity index (χ3n) is 4.98. The largest absolute Gasteiger partial charge is 0.497 e. The number of ether oxygens (including phenoxy) is 3. The van der Waals surface area contributed by atoms with Gasteiger partial charge in [-0.2, -0.15) is 8.78 Å². The highest BCUT2D eigenvalue weighted by Crippen LogP contribution is 2.38. The van der Waals surface area contributed by atoms with E-state index in [1.54, 1.807) is 36.9 Å². The molecular formula is C23H21F2N3O3S. The Morgan fingerprint density at radius 2 is 1.78 bits per heavy atom. The lowest BCUT2D eigenvalue weighted by molar-refractivity contribution is -0.0512. The quantitative estimate of drug-likeness (QED) is 0.343. The number of halogens is 2. The number of aromatic nitrogens is 2. The molecule has 9 heteroatoms. The average molecular weight is 458 g/mol. The van der Waals surface area contributed by atoms with Crippen LogP contribution in [0.15, 0.2) is 54.2 Å². The van der Waals surface area contributed by atoms with Gasteiger partial charge in [-0.05, 0) is 35.4 Å². The van der Waals surface area contributed by atoms with Crippen molar-refractivity contribution in [2.45, 2.75) is 13.2 Å². The van der Waals surface area contributed by atoms with E-state index in [1.165, 1.54) is 13.2 Å². The molecular weight excluding hydrogens is 436 g/mol. The number of hydrogen-bond acceptors (Lipinski definition) is 7. The van der Waals surface area contributed by atoms with Crippen LogP contribution in [-0.4, -0.2) is 37.8 Å². The fourth-order valence-electron chi connectivity index (χ4n) is 3.48. The van der Waals surface area contributed by atoms with Gasteiger partial charge in [0.2, 0.25) is 0 Å². The lowest BCUT2D eigenvalue weighted by Gasteiger charge is -2.20. The monoisotopic (exact) mass is 457 g/mol. The van der Waals surface area contributed by atoms with Gasteiger partial charge >= 0.3 is 6.61 Å². The van der Waals surface area contributed by atoms with Crippen LogP contribution in [0.25, 0.3) is 21.3 Å². The van der Waals surface area contributed by atoms with Crippen molar-refractivity contribution in [1.82, 2.24) is 9.97 Å². The van der Waals surface area contributed by atoms with Gasteiger partial charge in [-0.3, -0.25) is 0 Å². The molecule has 0 radical (unpaired) electrons. The number of rotatable bonds is 8. The van der Waals surface area contributed by atoms with Crippen molar-refractivity contribution >= 4 is 27.4 Å². The fourth-order valence-corrected chi connectivity index (χ4v) is 4.39. The zero-order chi connectivity index (χ0) is 22.7. The highest BCUT2D eigenvalue weighted by atomic mass is 32.1. The minimum atomic E-state index is -2.92. The molecule has 0 bridgehead atoms. The van der Waals surface area contributed by atoms with Crippen molar-refractivity contribution in [2.24, 2.45) is 0 Å². The Kier molecular flexibility index (Phi) is 6.36. The Hall–Kier alpha value is -3.46. The normalized spacial score (nSPS) is 11.1. The number of hydrogen-bond donors (Lipinski definition) is 0. The molecule has 32 heavy (non-hydrogen) atoms. The molecule has 166 valence electrons. The molecule has 0 saturated heterocycles. The average Bonchev–Trinajstić information content (AvgIpc) is 3.24. The Balaban J connectivity index is 1.67. The maximum atomic E-state index is 12.6. The molecule has 4 rings (SSSR count). The van der Waals surface area contributed by atoms with Crippen LogP contribution in [0.1, 0.15) is 5.56 Å². The van der Waals surface area contributed by atoms with Gasteiger partial charge in [-0.15, -0.1) is 11.3 Å². The summed E-state index contributed by atoms with van der Waals surface area (Å²) in [7, 11) is 4.98. The second kappa shape index (κ2) is 9.35. The van der Waals surface area contributed by atoms with E-state index in [2.05, 4.69) is 20.1 Å². The van der Waals surface area contributed by atoms with Crippen molar-refractivity contribution in [1.29, 1.82) is 0 Å². The Bertz CT molecular complexity index is 1220. The predicted molar refractivity (Wildman–Crippen MR) is 121 cm³/mol. The minimum absolute atomic E-state index is 0.00189. The predicted octanol–water partition coefficient (Wildman–Crippen LogP) is 5.61. The lowest BCUT2D eigenvalue weighted by Crippen LogP contribution is -2.18. The van der Waals surface area contributed by atoms with E-state index in [0.29, 0.717) is 6.54 Å². The smallest absolute Gasteiger partial charge is 0.387 e. The van der Waals surface area contributed by atoms with Gasteiger partial charge in [0.05, 0.1) is 19.6 Å². The van der Waals surface area contributed by atoms with Crippen molar-refractivity contribution in [3.8, 4) is 28.4 Å². The fraction of sp³-hybridized carbons (Fsp3) is 0.217. The first-order valence-electron chi connectivity index (χ1n) is 9.69. The number of nitrogens with zero attached hydrogens (tertiary/aromatic N) is 3. The molecule has 0 saturated carbocycles. The van der Waals surface area contributed by atoms with E-state index < -0.39 is 6.61 Å². The summed E-state index contributed by atoms with van der Waals surface area (Å²) < 4.78 is 40.2. The van der Waals surface area contributed by atoms with Gasteiger partial charge in [-0.25, -0.2) is 9.97 Å². The van der Waals surface area contributed by atoms with Crippen LogP contribution < -0.4 is 19.1 Å². The number of benzene rings is 2. The molecule has 2 heterocycles. The highest BCUT2D eigenvalue weighted by Gasteiger charge is 2.17. The van der Waals surface area contributed by atoms with Crippen molar-refractivity contribution in [3.05, 3.63) is 59.7 Å². The molecule has 2 aromatic heterocycles. The molecule has 0 spiro atoms. The zero-order valence-electron chi connectivity index (χ0n) is 17.7. The summed E-state index contributed by atoms with van der Waals surface area (Å²) in [4.78, 5) is 11.8. The van der Waals surface area contributed by atoms with Crippen molar-refractivity contribution < 1.29 is 23.0 Å². The van der Waals surface area contributed by atoms with Gasteiger partial charge in [0, 0.05) is 24.5 Å². The molecule has 0 aliphatic carbocycles. The second-order valence-corrected chi connectivity index (χ2v) is 7.83. The topological polar surface area (TPSA) is 56.7 Å². The first-order chi connectivity index (χ1) is 15.5. The molecule has 2 aromatic carbocycles. The van der Waals surface area contributed by atoms with Crippen LogP contribution >= 0.6 is 11.3 Å². The van der Waals surface area contributed by atoms with Gasteiger partial charge in [0.15, 0.2) is 11.5 Å². The number of thiophene rings is 1. The first-order valence-corrected chi connectivity index (χ1v) is 10.6. The van der Waals surface area contributed by atoms with Gasteiger partial charge in [0.25, 0.3) is 0 Å². The van der Waals surface area contributed by atoms with Gasteiger partial charge in [0.1, 0.15) is 22.7 Å². The Labute approximate surface area is 188 Å². The van der Waals surface area contributed by atoms with Crippen LogP contribution in [0.2, 0.25) is 0 Å². The van der Waals surface area contributed by atoms with Crippen molar-refractivity contribution in [3.63, 3.8) is 0 Å². The number of anilines is 1. The molecule has 0 amide bonds. The molecule has 0 N–H and O–H groups in total. The van der Waals surface area contributed by atoms with E-state index in [9.17, 15) is 8.78 Å². The van der Waals surface area contributed by atoms with E-state index >= 15 is 0 Å². The summed E-state index contributed by atoms with van der Waals surface area (Å²) in [5, 5.41) is 3.02. The number of methoxy groups -OCH3 is 2. The summed E-state index contributed by atoms with van der Waals surface area (Å²) in [5.74, 6) is 1.81. The second-order valence-electron chi connectivity index (χ2n) is 6.98. The third kappa shape index (κ3) is 4.43. The summed E-state index contributed by atoms with van der Waals surface area (Å²) in [6.45, 7) is -2.43. The lowest BCUT2D eigenvalue weighted by atomic mass is 10.1. The van der Waals surface area contributed by atoms with Crippen LogP contribution in [0.5, 0.6) is 17.2 Å². The van der Waals surface area contributed by atoms with Crippen LogP contribution in [-0.2, 0) is 6.54 Å². The molecule has 4 aromatic rings. The third-order valence-corrected chi connectivity index (χ3v) is 5.86. The van der Waals surface area contributed by atoms with E-state index in [-0.39, 0.29) is 11.5 Å². The Morgan fingerprint density at radius 3 is 2.47 bits per heavy atom. The Morgan fingerprint density at radius 1 is 1.00 bits per heavy atom. The number of alkyl halides is 2. The molecule has 6 nitrogen and oxygen atoms in total. The first kappa shape index (κ1) is 21.8. The van der Waals surface area contributed by atoms with E-state index in [4.69, 9.17) is 9.47 Å². The van der Waals surface area contributed by atoms with Crippen LogP contribution in [0.3, 0.4) is 0 Å². The number of fused-ring (bicyclic) bond motifs is 1. The van der Waals surface area contributed by atoms with Crippen molar-refractivity contribution in [2.75, 3.05) is 26.2 Å². The van der Waals surface area contributed by atoms with Gasteiger partial charge < -0.3 is 19.1 Å². The van der Waals surface area contributed by atoms with E-state index in [1.807, 2.05) is 36.2 Å². The molecule has 0 aliphatic heterocycles. The zero-order valence-corrected chi connectivity index (χ0v) is 18.5. The SMILES string of the molecule is COc1ccc(-c2csc3ncnc(N(C)Cc4ccc(OC(F)F)c(OC)c4)c23)cc1. The molecule has 0 atom stereocenters. The maximum Gasteiger partial charge on any atom is 0.387 e. The summed E-state index contributed by atoms with van der Waals surface area (Å²) in [5.41, 5.74) is 2.93. The van der Waals surface area contributed by atoms with E-state index in [0.717, 1.165) is 38.5 Å². The standard InChI is InChI=1S/C23H21F2N3O3S/c1-28(11-14-4-9-18(31-23(24)25)19(10-14)30-3)21-20-17(12-32-22(20)27-13-26-21)15-5-7-16(29-2)8-6-15/h4-10,12-13,23H,11H2,1-3H3. The molecule has 0 unspecified atom stereocenters. The van der Waals surface area contributed by atoms with Crippen LogP contribution in [0, 0.1) is 0 Å². The summed E-state index contributed by atoms with van der Waals surface area (Å²) in [6, 6.07) is 12.7. The summed E-state index contributed by atoms with van der Waals surface area (Å²) >= 11 is 1.55. The molecule has 0 fully saturated rings. The maximum absolute atomic E-state index is 12.6. The molecule has 0 aliphatic rings. The van der Waals surface area contributed by atoms with Gasteiger partial charge in [-0.1, -0.05) is 18.2 Å². The summed E-state index contributed by atoms with van der Waals surface area (Å²) in [6.07, 6.45) is 1.54. The minimum Gasteiger partial charge on any atom is -0.497 e. The van der Waals surface area contributed by atoms with Crippen LogP contribution in [0.4, 0.5) is 14.6 Å². The highest BCUT2D eigenvalue weighted by molar-refractivity contribution is 7.17.